The molecule has 1 amide bonds. The van der Waals surface area contributed by atoms with Crippen molar-refractivity contribution in [2.75, 3.05) is 6.54 Å². The zero-order chi connectivity index (χ0) is 14.7. The highest BCUT2D eigenvalue weighted by Crippen LogP contribution is 2.16. The van der Waals surface area contributed by atoms with Gasteiger partial charge in [-0.2, -0.15) is 5.10 Å². The Hall–Kier alpha value is -2.66. The Kier molecular flexibility index (Phi) is 3.66. The molecule has 0 saturated heterocycles. The molecule has 5 heteroatoms. The third-order valence-corrected chi connectivity index (χ3v) is 3.44. The van der Waals surface area contributed by atoms with E-state index in [1.807, 2.05) is 42.5 Å². The molecule has 2 aromatic carbocycles. The van der Waals surface area contributed by atoms with E-state index in [0.29, 0.717) is 12.1 Å². The number of benzene rings is 2. The van der Waals surface area contributed by atoms with Gasteiger partial charge in [-0.25, -0.2) is 0 Å². The number of hydrogen-bond donors (Lipinski definition) is 3. The molecule has 3 aromatic rings. The Balaban J connectivity index is 1.71. The van der Waals surface area contributed by atoms with Gasteiger partial charge in [0.15, 0.2) is 0 Å². The summed E-state index contributed by atoms with van der Waals surface area (Å²) in [5.41, 5.74) is 8.52. The maximum absolute atomic E-state index is 12.3. The Bertz CT molecular complexity index is 751. The maximum Gasteiger partial charge on any atom is 0.252 e. The van der Waals surface area contributed by atoms with E-state index in [1.165, 1.54) is 0 Å². The van der Waals surface area contributed by atoms with E-state index in [0.717, 1.165) is 16.5 Å². The second-order valence-corrected chi connectivity index (χ2v) is 4.86. The number of hydrogen-bond acceptors (Lipinski definition) is 3. The maximum atomic E-state index is 12.3. The SMILES string of the molecule is NC(CNC(=O)c1cccc2[nH]ncc12)c1ccccc1. The minimum absolute atomic E-state index is 0.145. The van der Waals surface area contributed by atoms with Crippen LogP contribution in [0.25, 0.3) is 10.9 Å². The lowest BCUT2D eigenvalue weighted by molar-refractivity contribution is 0.0953. The topological polar surface area (TPSA) is 83.8 Å². The first-order chi connectivity index (χ1) is 10.3. The second kappa shape index (κ2) is 5.76. The highest BCUT2D eigenvalue weighted by Gasteiger charge is 2.12. The number of rotatable bonds is 4. The second-order valence-electron chi connectivity index (χ2n) is 4.86. The molecule has 0 saturated carbocycles. The van der Waals surface area contributed by atoms with Gasteiger partial charge < -0.3 is 11.1 Å². The predicted molar refractivity (Wildman–Crippen MR) is 81.8 cm³/mol. The van der Waals surface area contributed by atoms with Crippen LogP contribution < -0.4 is 11.1 Å². The number of H-pyrrole nitrogens is 1. The van der Waals surface area contributed by atoms with Gasteiger partial charge in [0.25, 0.3) is 5.91 Å². The Labute approximate surface area is 122 Å². The van der Waals surface area contributed by atoms with Crippen LogP contribution in [0.4, 0.5) is 0 Å². The van der Waals surface area contributed by atoms with Crippen molar-refractivity contribution in [1.82, 2.24) is 15.5 Å². The Morgan fingerprint density at radius 1 is 1.19 bits per heavy atom. The average molecular weight is 280 g/mol. The van der Waals surface area contributed by atoms with E-state index in [4.69, 9.17) is 5.73 Å². The zero-order valence-corrected chi connectivity index (χ0v) is 11.4. The molecule has 1 unspecified atom stereocenters. The van der Waals surface area contributed by atoms with Gasteiger partial charge in [-0.15, -0.1) is 0 Å². The Morgan fingerprint density at radius 3 is 2.81 bits per heavy atom. The summed E-state index contributed by atoms with van der Waals surface area (Å²) in [6, 6.07) is 15.0. The lowest BCUT2D eigenvalue weighted by Crippen LogP contribution is -2.31. The molecule has 3 rings (SSSR count). The van der Waals surface area contributed by atoms with Crippen LogP contribution in [-0.4, -0.2) is 22.6 Å². The van der Waals surface area contributed by atoms with Gasteiger partial charge in [-0.05, 0) is 17.7 Å². The van der Waals surface area contributed by atoms with Crippen molar-refractivity contribution in [3.63, 3.8) is 0 Å². The van der Waals surface area contributed by atoms with Gasteiger partial charge in [-0.1, -0.05) is 36.4 Å². The van der Waals surface area contributed by atoms with Crippen molar-refractivity contribution in [2.45, 2.75) is 6.04 Å². The number of fused-ring (bicyclic) bond motifs is 1. The summed E-state index contributed by atoms with van der Waals surface area (Å²) in [6.07, 6.45) is 1.65. The van der Waals surface area contributed by atoms with Gasteiger partial charge in [0.2, 0.25) is 0 Å². The van der Waals surface area contributed by atoms with Crippen LogP contribution in [0.2, 0.25) is 0 Å². The highest BCUT2D eigenvalue weighted by molar-refractivity contribution is 6.06. The first-order valence-electron chi connectivity index (χ1n) is 6.76. The van der Waals surface area contributed by atoms with Gasteiger partial charge in [0, 0.05) is 18.0 Å². The summed E-state index contributed by atoms with van der Waals surface area (Å²) >= 11 is 0. The largest absolute Gasteiger partial charge is 0.350 e. The molecule has 1 aromatic heterocycles. The molecule has 0 aliphatic carbocycles. The van der Waals surface area contributed by atoms with Crippen molar-refractivity contribution in [3.05, 3.63) is 65.9 Å². The molecule has 0 radical (unpaired) electrons. The molecule has 0 fully saturated rings. The monoisotopic (exact) mass is 280 g/mol. The van der Waals surface area contributed by atoms with Crippen molar-refractivity contribution in [2.24, 2.45) is 5.73 Å². The molecule has 4 N–H and O–H groups in total. The van der Waals surface area contributed by atoms with Crippen LogP contribution >= 0.6 is 0 Å². The molecule has 1 heterocycles. The van der Waals surface area contributed by atoms with Crippen LogP contribution in [-0.2, 0) is 0 Å². The fourth-order valence-corrected chi connectivity index (χ4v) is 2.28. The molecule has 21 heavy (non-hydrogen) atoms. The molecule has 1 atom stereocenters. The number of aromatic nitrogens is 2. The molecule has 0 bridgehead atoms. The van der Waals surface area contributed by atoms with Gasteiger partial charge in [0.05, 0.1) is 17.3 Å². The van der Waals surface area contributed by atoms with E-state index in [1.54, 1.807) is 12.3 Å². The third-order valence-electron chi connectivity index (χ3n) is 3.44. The van der Waals surface area contributed by atoms with E-state index < -0.39 is 0 Å². The number of nitrogens with one attached hydrogen (secondary N) is 2. The summed E-state index contributed by atoms with van der Waals surface area (Å²) in [5.74, 6) is -0.145. The van der Waals surface area contributed by atoms with Crippen molar-refractivity contribution in [3.8, 4) is 0 Å². The van der Waals surface area contributed by atoms with Crippen molar-refractivity contribution < 1.29 is 4.79 Å². The number of amides is 1. The van der Waals surface area contributed by atoms with Gasteiger partial charge in [-0.3, -0.25) is 9.89 Å². The summed E-state index contributed by atoms with van der Waals surface area (Å²) < 4.78 is 0. The molecule has 106 valence electrons. The minimum atomic E-state index is -0.223. The molecular weight excluding hydrogens is 264 g/mol. The number of carbonyl (C=O) groups excluding carboxylic acids is 1. The van der Waals surface area contributed by atoms with Crippen LogP contribution in [0.15, 0.2) is 54.7 Å². The Morgan fingerprint density at radius 2 is 2.00 bits per heavy atom. The molecule has 0 spiro atoms. The van der Waals surface area contributed by atoms with E-state index in [2.05, 4.69) is 15.5 Å². The van der Waals surface area contributed by atoms with E-state index >= 15 is 0 Å². The number of carbonyl (C=O) groups is 1. The summed E-state index contributed by atoms with van der Waals surface area (Å²) in [5, 5.41) is 10.5. The normalized spacial score (nSPS) is 12.2. The van der Waals surface area contributed by atoms with E-state index in [9.17, 15) is 4.79 Å². The fraction of sp³-hybridized carbons (Fsp3) is 0.125. The fourth-order valence-electron chi connectivity index (χ4n) is 2.28. The quantitative estimate of drug-likeness (QED) is 0.683. The van der Waals surface area contributed by atoms with Crippen LogP contribution in [0.1, 0.15) is 22.0 Å². The minimum Gasteiger partial charge on any atom is -0.350 e. The zero-order valence-electron chi connectivity index (χ0n) is 11.4. The summed E-state index contributed by atoms with van der Waals surface area (Å²) in [6.45, 7) is 0.386. The van der Waals surface area contributed by atoms with Gasteiger partial charge >= 0.3 is 0 Å². The van der Waals surface area contributed by atoms with Crippen molar-refractivity contribution in [1.29, 1.82) is 0 Å². The average Bonchev–Trinajstić information content (AvgIpc) is 3.01. The first-order valence-corrected chi connectivity index (χ1v) is 6.76. The van der Waals surface area contributed by atoms with E-state index in [-0.39, 0.29) is 11.9 Å². The number of nitrogens with two attached hydrogens (primary N) is 1. The molecule has 5 nitrogen and oxygen atoms in total. The van der Waals surface area contributed by atoms with Crippen LogP contribution in [0, 0.1) is 0 Å². The lowest BCUT2D eigenvalue weighted by Gasteiger charge is -2.13. The summed E-state index contributed by atoms with van der Waals surface area (Å²) in [7, 11) is 0. The molecule has 0 aliphatic rings. The summed E-state index contributed by atoms with van der Waals surface area (Å²) in [4.78, 5) is 12.3. The predicted octanol–water partition coefficient (Wildman–Crippen LogP) is 1.99. The van der Waals surface area contributed by atoms with Crippen molar-refractivity contribution >= 4 is 16.8 Å². The lowest BCUT2D eigenvalue weighted by atomic mass is 10.1. The number of nitrogens with zero attached hydrogens (tertiary/aromatic N) is 1. The van der Waals surface area contributed by atoms with Gasteiger partial charge in [0.1, 0.15) is 0 Å². The number of aromatic amines is 1. The molecule has 0 aliphatic heterocycles. The van der Waals surface area contributed by atoms with Crippen LogP contribution in [0.3, 0.4) is 0 Å². The first kappa shape index (κ1) is 13.3. The standard InChI is InChI=1S/C16H16N4O/c17-14(11-5-2-1-3-6-11)10-18-16(21)12-7-4-8-15-13(12)9-19-20-15/h1-9,14H,10,17H2,(H,18,21)(H,19,20). The smallest absolute Gasteiger partial charge is 0.252 e. The highest BCUT2D eigenvalue weighted by atomic mass is 16.1. The third kappa shape index (κ3) is 2.78. The van der Waals surface area contributed by atoms with Crippen LogP contribution in [0.5, 0.6) is 0 Å². The molecular formula is C16H16N4O.